The molecule has 2 atom stereocenters. The molecular weight excluding hydrogens is 384 g/mol. The average Bonchev–Trinajstić information content (AvgIpc) is 3.04. The van der Waals surface area contributed by atoms with Crippen LogP contribution in [0.5, 0.6) is 0 Å². The lowest BCUT2D eigenvalue weighted by Crippen LogP contribution is -2.43. The highest BCUT2D eigenvalue weighted by molar-refractivity contribution is 5.84. The highest BCUT2D eigenvalue weighted by atomic mass is 16.5. The molecule has 3 rings (SSSR count). The fourth-order valence-corrected chi connectivity index (χ4v) is 3.76. The molecule has 0 heterocycles. The van der Waals surface area contributed by atoms with Crippen LogP contribution in [-0.2, 0) is 14.3 Å². The number of hydrogen-bond acceptors (Lipinski definition) is 4. The summed E-state index contributed by atoms with van der Waals surface area (Å²) in [6.45, 7) is 3.54. The Bertz CT molecular complexity index is 897. The van der Waals surface area contributed by atoms with Crippen molar-refractivity contribution in [2.75, 3.05) is 6.61 Å². The number of carbonyl (C=O) groups excluding carboxylic acids is 2. The molecule has 1 aliphatic carbocycles. The first-order valence-electron chi connectivity index (χ1n) is 10.0. The molecule has 158 valence electrons. The van der Waals surface area contributed by atoms with Gasteiger partial charge in [-0.1, -0.05) is 55.5 Å². The summed E-state index contributed by atoms with van der Waals surface area (Å²) in [5.74, 6) is -1.55. The van der Waals surface area contributed by atoms with Crippen LogP contribution in [0.4, 0.5) is 4.79 Å². The number of amides is 2. The summed E-state index contributed by atoms with van der Waals surface area (Å²) >= 11 is 0. The van der Waals surface area contributed by atoms with Crippen LogP contribution in [0.3, 0.4) is 0 Å². The zero-order valence-electron chi connectivity index (χ0n) is 17.1. The Kier molecular flexibility index (Phi) is 6.72. The van der Waals surface area contributed by atoms with Crippen molar-refractivity contribution in [2.45, 2.75) is 44.7 Å². The first-order chi connectivity index (χ1) is 14.4. The number of hydrogen-bond donors (Lipinski definition) is 3. The van der Waals surface area contributed by atoms with Gasteiger partial charge in [-0.3, -0.25) is 4.79 Å². The van der Waals surface area contributed by atoms with Crippen molar-refractivity contribution in [3.8, 4) is 11.1 Å². The standard InChI is InChI=1S/C23H26N2O5/c1-3-20(22(27)28)25-21(26)12-14(2)24-23(29)30-13-19-17-10-6-4-8-15(17)16-9-5-7-11-18(16)19/h4-11,14,19-20H,3,12-13H2,1-2H3,(H,24,29)(H,25,26)(H,27,28)/t14-,20-/m0/s1. The van der Waals surface area contributed by atoms with Gasteiger partial charge in [-0.2, -0.15) is 0 Å². The highest BCUT2D eigenvalue weighted by Crippen LogP contribution is 2.44. The fourth-order valence-electron chi connectivity index (χ4n) is 3.76. The van der Waals surface area contributed by atoms with Crippen molar-refractivity contribution in [2.24, 2.45) is 0 Å². The third-order valence-electron chi connectivity index (χ3n) is 5.24. The number of carboxylic acid groups (broad SMARTS) is 1. The highest BCUT2D eigenvalue weighted by Gasteiger charge is 2.29. The monoisotopic (exact) mass is 410 g/mol. The minimum Gasteiger partial charge on any atom is -0.480 e. The molecular formula is C23H26N2O5. The van der Waals surface area contributed by atoms with E-state index in [-0.39, 0.29) is 25.4 Å². The molecule has 0 spiro atoms. The molecule has 0 aliphatic heterocycles. The number of fused-ring (bicyclic) bond motifs is 3. The SMILES string of the molecule is CC[C@H](NC(=O)C[C@H](C)NC(=O)OCC1c2ccccc2-c2ccccc21)C(=O)O. The van der Waals surface area contributed by atoms with Crippen molar-refractivity contribution in [3.05, 3.63) is 59.7 Å². The normalized spacial score (nSPS) is 14.2. The third-order valence-corrected chi connectivity index (χ3v) is 5.24. The Balaban J connectivity index is 1.54. The number of ether oxygens (including phenoxy) is 1. The van der Waals surface area contributed by atoms with Crippen LogP contribution in [0.2, 0.25) is 0 Å². The van der Waals surface area contributed by atoms with Crippen LogP contribution in [-0.4, -0.2) is 41.8 Å². The third kappa shape index (κ3) is 4.79. The zero-order valence-corrected chi connectivity index (χ0v) is 17.1. The van der Waals surface area contributed by atoms with E-state index in [1.807, 2.05) is 36.4 Å². The molecule has 0 unspecified atom stereocenters. The summed E-state index contributed by atoms with van der Waals surface area (Å²) in [5, 5.41) is 14.1. The van der Waals surface area contributed by atoms with Crippen LogP contribution < -0.4 is 10.6 Å². The minimum absolute atomic E-state index is 0.0338. The fraction of sp³-hybridized carbons (Fsp3) is 0.348. The summed E-state index contributed by atoms with van der Waals surface area (Å²) in [6, 6.07) is 14.7. The Labute approximate surface area is 175 Å². The van der Waals surface area contributed by atoms with E-state index in [4.69, 9.17) is 9.84 Å². The van der Waals surface area contributed by atoms with Crippen molar-refractivity contribution in [1.82, 2.24) is 10.6 Å². The lowest BCUT2D eigenvalue weighted by molar-refractivity contribution is -0.142. The molecule has 30 heavy (non-hydrogen) atoms. The smallest absolute Gasteiger partial charge is 0.407 e. The van der Waals surface area contributed by atoms with Gasteiger partial charge in [0.15, 0.2) is 0 Å². The van der Waals surface area contributed by atoms with Gasteiger partial charge in [0.2, 0.25) is 5.91 Å². The number of nitrogens with one attached hydrogen (secondary N) is 2. The number of aliphatic carboxylic acids is 1. The van der Waals surface area contributed by atoms with E-state index < -0.39 is 30.1 Å². The zero-order chi connectivity index (χ0) is 21.7. The van der Waals surface area contributed by atoms with Gasteiger partial charge in [-0.05, 0) is 35.6 Å². The van der Waals surface area contributed by atoms with Crippen LogP contribution in [0.15, 0.2) is 48.5 Å². The molecule has 0 fully saturated rings. The second-order valence-corrected chi connectivity index (χ2v) is 7.44. The molecule has 0 saturated heterocycles. The molecule has 7 nitrogen and oxygen atoms in total. The summed E-state index contributed by atoms with van der Waals surface area (Å²) < 4.78 is 5.46. The van der Waals surface area contributed by atoms with E-state index in [0.29, 0.717) is 0 Å². The van der Waals surface area contributed by atoms with E-state index in [2.05, 4.69) is 22.8 Å². The van der Waals surface area contributed by atoms with Crippen LogP contribution in [0.1, 0.15) is 43.7 Å². The predicted molar refractivity (Wildman–Crippen MR) is 112 cm³/mol. The Hall–Kier alpha value is -3.35. The molecule has 0 aromatic heterocycles. The lowest BCUT2D eigenvalue weighted by Gasteiger charge is -2.18. The number of rotatable bonds is 8. The summed E-state index contributed by atoms with van der Waals surface area (Å²) in [7, 11) is 0. The topological polar surface area (TPSA) is 105 Å². The van der Waals surface area contributed by atoms with Gasteiger partial charge in [0.1, 0.15) is 12.6 Å². The van der Waals surface area contributed by atoms with Crippen LogP contribution in [0.25, 0.3) is 11.1 Å². The molecule has 2 aromatic rings. The Morgan fingerprint density at radius 2 is 1.57 bits per heavy atom. The molecule has 0 radical (unpaired) electrons. The van der Waals surface area contributed by atoms with Crippen molar-refractivity contribution in [1.29, 1.82) is 0 Å². The molecule has 0 bridgehead atoms. The van der Waals surface area contributed by atoms with Gasteiger partial charge in [0.05, 0.1) is 0 Å². The van der Waals surface area contributed by atoms with E-state index >= 15 is 0 Å². The Morgan fingerprint density at radius 1 is 1.00 bits per heavy atom. The second kappa shape index (κ2) is 9.43. The second-order valence-electron chi connectivity index (χ2n) is 7.44. The first kappa shape index (κ1) is 21.4. The van der Waals surface area contributed by atoms with Gasteiger partial charge in [-0.15, -0.1) is 0 Å². The van der Waals surface area contributed by atoms with E-state index in [1.54, 1.807) is 13.8 Å². The minimum atomic E-state index is -1.08. The van der Waals surface area contributed by atoms with Gasteiger partial charge in [0, 0.05) is 18.4 Å². The maximum absolute atomic E-state index is 12.2. The van der Waals surface area contributed by atoms with Crippen molar-refractivity contribution >= 4 is 18.0 Å². The number of alkyl carbamates (subject to hydrolysis) is 1. The predicted octanol–water partition coefficient (Wildman–Crippen LogP) is 3.28. The molecule has 3 N–H and O–H groups in total. The maximum atomic E-state index is 12.2. The Morgan fingerprint density at radius 3 is 2.10 bits per heavy atom. The lowest BCUT2D eigenvalue weighted by atomic mass is 9.98. The molecule has 0 saturated carbocycles. The van der Waals surface area contributed by atoms with Crippen LogP contribution in [0, 0.1) is 0 Å². The van der Waals surface area contributed by atoms with E-state index in [9.17, 15) is 14.4 Å². The van der Waals surface area contributed by atoms with Gasteiger partial charge in [-0.25, -0.2) is 9.59 Å². The van der Waals surface area contributed by atoms with E-state index in [0.717, 1.165) is 22.3 Å². The van der Waals surface area contributed by atoms with Gasteiger partial charge in [0.25, 0.3) is 0 Å². The van der Waals surface area contributed by atoms with Gasteiger partial charge < -0.3 is 20.5 Å². The number of benzene rings is 2. The summed E-state index contributed by atoms with van der Waals surface area (Å²) in [5.41, 5.74) is 4.54. The molecule has 2 aromatic carbocycles. The van der Waals surface area contributed by atoms with Gasteiger partial charge >= 0.3 is 12.1 Å². The van der Waals surface area contributed by atoms with E-state index in [1.165, 1.54) is 0 Å². The van der Waals surface area contributed by atoms with Crippen LogP contribution >= 0.6 is 0 Å². The van der Waals surface area contributed by atoms with Crippen molar-refractivity contribution in [3.63, 3.8) is 0 Å². The first-order valence-corrected chi connectivity index (χ1v) is 10.0. The molecule has 7 heteroatoms. The maximum Gasteiger partial charge on any atom is 0.407 e. The summed E-state index contributed by atoms with van der Waals surface area (Å²) in [6.07, 6.45) is -0.356. The number of carbonyl (C=O) groups is 3. The average molecular weight is 410 g/mol. The van der Waals surface area contributed by atoms with Crippen molar-refractivity contribution < 1.29 is 24.2 Å². The quantitative estimate of drug-likeness (QED) is 0.619. The summed E-state index contributed by atoms with van der Waals surface area (Å²) in [4.78, 5) is 35.2. The molecule has 1 aliphatic rings. The number of carboxylic acids is 1. The molecule has 2 amide bonds. The largest absolute Gasteiger partial charge is 0.480 e.